The summed E-state index contributed by atoms with van der Waals surface area (Å²) >= 11 is 11.8. The van der Waals surface area contributed by atoms with Crippen LogP contribution in [0.15, 0.2) is 18.2 Å². The van der Waals surface area contributed by atoms with Crippen molar-refractivity contribution in [2.45, 2.75) is 32.1 Å². The third-order valence-corrected chi connectivity index (χ3v) is 3.58. The van der Waals surface area contributed by atoms with E-state index in [1.54, 1.807) is 12.1 Å². The molecule has 1 rings (SSSR count). The predicted molar refractivity (Wildman–Crippen MR) is 64.2 cm³/mol. The first-order chi connectivity index (χ1) is 7.04. The van der Waals surface area contributed by atoms with Gasteiger partial charge < -0.3 is 0 Å². The SMILES string of the molecule is CCC(Cl)C(C)Cc1ccc(F)c(Cl)c1. The first-order valence-electron chi connectivity index (χ1n) is 5.12. The number of alkyl halides is 1. The smallest absolute Gasteiger partial charge is 0.141 e. The standard InChI is InChI=1S/C12H15Cl2F/c1-3-10(13)8(2)6-9-4-5-12(15)11(14)7-9/h4-5,7-8,10H,3,6H2,1-2H3. The van der Waals surface area contributed by atoms with Gasteiger partial charge in [-0.05, 0) is 36.5 Å². The van der Waals surface area contributed by atoms with E-state index in [4.69, 9.17) is 23.2 Å². The Morgan fingerprint density at radius 2 is 2.07 bits per heavy atom. The molecule has 1 aromatic rings. The van der Waals surface area contributed by atoms with Crippen LogP contribution < -0.4 is 0 Å². The topological polar surface area (TPSA) is 0 Å². The van der Waals surface area contributed by atoms with Crippen molar-refractivity contribution < 1.29 is 4.39 Å². The van der Waals surface area contributed by atoms with Crippen molar-refractivity contribution in [2.75, 3.05) is 0 Å². The quantitative estimate of drug-likeness (QED) is 0.680. The summed E-state index contributed by atoms with van der Waals surface area (Å²) in [7, 11) is 0. The van der Waals surface area contributed by atoms with Crippen molar-refractivity contribution in [3.63, 3.8) is 0 Å². The van der Waals surface area contributed by atoms with Gasteiger partial charge in [0.15, 0.2) is 0 Å². The molecule has 3 heteroatoms. The molecule has 0 saturated carbocycles. The van der Waals surface area contributed by atoms with Gasteiger partial charge in [0.2, 0.25) is 0 Å². The van der Waals surface area contributed by atoms with Crippen LogP contribution in [0.2, 0.25) is 5.02 Å². The summed E-state index contributed by atoms with van der Waals surface area (Å²) in [5.74, 6) is 0.00387. The minimum Gasteiger partial charge on any atom is -0.205 e. The summed E-state index contributed by atoms with van der Waals surface area (Å²) < 4.78 is 12.9. The molecule has 0 aliphatic rings. The van der Waals surface area contributed by atoms with Crippen LogP contribution in [0.5, 0.6) is 0 Å². The van der Waals surface area contributed by atoms with Crippen molar-refractivity contribution in [3.8, 4) is 0 Å². The highest BCUT2D eigenvalue weighted by Gasteiger charge is 2.13. The van der Waals surface area contributed by atoms with E-state index >= 15 is 0 Å². The Labute approximate surface area is 100 Å². The summed E-state index contributed by atoms with van der Waals surface area (Å²) in [5.41, 5.74) is 1.04. The number of halogens is 3. The fraction of sp³-hybridized carbons (Fsp3) is 0.500. The molecule has 1 aromatic carbocycles. The molecule has 0 fully saturated rings. The monoisotopic (exact) mass is 248 g/mol. The van der Waals surface area contributed by atoms with E-state index in [-0.39, 0.29) is 16.2 Å². The Bertz CT molecular complexity index is 325. The predicted octanol–water partition coefficient (Wildman–Crippen LogP) is 4.68. The summed E-state index contributed by atoms with van der Waals surface area (Å²) in [6.07, 6.45) is 1.78. The Morgan fingerprint density at radius 3 is 2.60 bits per heavy atom. The maximum atomic E-state index is 12.9. The molecular formula is C12H15Cl2F. The molecule has 0 spiro atoms. The molecule has 84 valence electrons. The minimum atomic E-state index is -0.369. The zero-order valence-electron chi connectivity index (χ0n) is 8.93. The van der Waals surface area contributed by atoms with Crippen LogP contribution in [0.1, 0.15) is 25.8 Å². The van der Waals surface area contributed by atoms with E-state index in [1.165, 1.54) is 6.07 Å². The van der Waals surface area contributed by atoms with E-state index in [1.807, 2.05) is 0 Å². The molecule has 0 radical (unpaired) electrons. The van der Waals surface area contributed by atoms with Gasteiger partial charge in [0.1, 0.15) is 5.82 Å². The second-order valence-electron chi connectivity index (χ2n) is 3.85. The molecule has 2 unspecified atom stereocenters. The average molecular weight is 249 g/mol. The van der Waals surface area contributed by atoms with Gasteiger partial charge in [-0.2, -0.15) is 0 Å². The zero-order chi connectivity index (χ0) is 11.4. The number of hydrogen-bond acceptors (Lipinski definition) is 0. The normalized spacial score (nSPS) is 15.0. The van der Waals surface area contributed by atoms with Crippen LogP contribution in [-0.2, 0) is 6.42 Å². The lowest BCUT2D eigenvalue weighted by atomic mass is 9.96. The maximum Gasteiger partial charge on any atom is 0.141 e. The van der Waals surface area contributed by atoms with Crippen LogP contribution in [-0.4, -0.2) is 5.38 Å². The van der Waals surface area contributed by atoms with E-state index in [0.717, 1.165) is 18.4 Å². The molecule has 0 aliphatic carbocycles. The van der Waals surface area contributed by atoms with Crippen LogP contribution >= 0.6 is 23.2 Å². The van der Waals surface area contributed by atoms with Gasteiger partial charge in [0, 0.05) is 5.38 Å². The summed E-state index contributed by atoms with van der Waals surface area (Å²) in [6.45, 7) is 4.16. The van der Waals surface area contributed by atoms with Crippen LogP contribution in [0.3, 0.4) is 0 Å². The Morgan fingerprint density at radius 1 is 1.40 bits per heavy atom. The number of rotatable bonds is 4. The van der Waals surface area contributed by atoms with Crippen molar-refractivity contribution >= 4 is 23.2 Å². The van der Waals surface area contributed by atoms with Crippen LogP contribution in [0, 0.1) is 11.7 Å². The zero-order valence-corrected chi connectivity index (χ0v) is 10.4. The van der Waals surface area contributed by atoms with Gasteiger partial charge in [-0.3, -0.25) is 0 Å². The Balaban J connectivity index is 2.68. The lowest BCUT2D eigenvalue weighted by Gasteiger charge is -2.16. The van der Waals surface area contributed by atoms with E-state index in [9.17, 15) is 4.39 Å². The van der Waals surface area contributed by atoms with Crippen molar-refractivity contribution in [3.05, 3.63) is 34.6 Å². The fourth-order valence-electron chi connectivity index (χ4n) is 1.57. The fourth-order valence-corrected chi connectivity index (χ4v) is 1.86. The number of benzene rings is 1. The van der Waals surface area contributed by atoms with E-state index in [2.05, 4.69) is 13.8 Å². The first kappa shape index (κ1) is 12.8. The molecule has 0 heterocycles. The molecule has 15 heavy (non-hydrogen) atoms. The minimum absolute atomic E-state index is 0.161. The largest absolute Gasteiger partial charge is 0.205 e. The average Bonchev–Trinajstić information content (AvgIpc) is 2.22. The van der Waals surface area contributed by atoms with Gasteiger partial charge in [-0.15, -0.1) is 11.6 Å². The highest BCUT2D eigenvalue weighted by molar-refractivity contribution is 6.30. The van der Waals surface area contributed by atoms with Crippen molar-refractivity contribution in [2.24, 2.45) is 5.92 Å². The molecular weight excluding hydrogens is 234 g/mol. The van der Waals surface area contributed by atoms with Crippen molar-refractivity contribution in [1.29, 1.82) is 0 Å². The highest BCUT2D eigenvalue weighted by atomic mass is 35.5. The van der Waals surface area contributed by atoms with Crippen molar-refractivity contribution in [1.82, 2.24) is 0 Å². The highest BCUT2D eigenvalue weighted by Crippen LogP contribution is 2.22. The Kier molecular flexibility index (Phi) is 4.88. The Hall–Kier alpha value is -0.270. The summed E-state index contributed by atoms with van der Waals surface area (Å²) in [4.78, 5) is 0. The molecule has 0 aliphatic heterocycles. The van der Waals surface area contributed by atoms with Gasteiger partial charge in [-0.1, -0.05) is 31.5 Å². The summed E-state index contributed by atoms with van der Waals surface area (Å²) in [5, 5.41) is 0.344. The maximum absolute atomic E-state index is 12.9. The lowest BCUT2D eigenvalue weighted by Crippen LogP contribution is -2.13. The van der Waals surface area contributed by atoms with Gasteiger partial charge in [0.25, 0.3) is 0 Å². The first-order valence-corrected chi connectivity index (χ1v) is 5.94. The molecule has 2 atom stereocenters. The van der Waals surface area contributed by atoms with E-state index < -0.39 is 0 Å². The van der Waals surface area contributed by atoms with E-state index in [0.29, 0.717) is 5.92 Å². The second kappa shape index (κ2) is 5.72. The lowest BCUT2D eigenvalue weighted by molar-refractivity contribution is 0.530. The molecule has 0 N–H and O–H groups in total. The van der Waals surface area contributed by atoms with Gasteiger partial charge >= 0.3 is 0 Å². The summed E-state index contributed by atoms with van der Waals surface area (Å²) in [6, 6.07) is 4.84. The van der Waals surface area contributed by atoms with Crippen LogP contribution in [0.25, 0.3) is 0 Å². The third kappa shape index (κ3) is 3.66. The molecule has 0 amide bonds. The molecule has 0 saturated heterocycles. The number of hydrogen-bond donors (Lipinski definition) is 0. The van der Waals surface area contributed by atoms with Crippen LogP contribution in [0.4, 0.5) is 4.39 Å². The van der Waals surface area contributed by atoms with Gasteiger partial charge in [-0.25, -0.2) is 4.39 Å². The molecule has 0 nitrogen and oxygen atoms in total. The molecule has 0 bridgehead atoms. The third-order valence-electron chi connectivity index (χ3n) is 2.55. The second-order valence-corrected chi connectivity index (χ2v) is 4.82. The van der Waals surface area contributed by atoms with Gasteiger partial charge in [0.05, 0.1) is 5.02 Å². The molecule has 0 aromatic heterocycles.